The van der Waals surface area contributed by atoms with Gasteiger partial charge in [-0.15, -0.1) is 0 Å². The first kappa shape index (κ1) is 25.2. The first-order valence-corrected chi connectivity index (χ1v) is 5.11. The highest BCUT2D eigenvalue weighted by Gasteiger charge is 1.89. The molecule has 0 aromatic heterocycles. The van der Waals surface area contributed by atoms with Crippen molar-refractivity contribution in [2.45, 2.75) is 13.0 Å². The lowest BCUT2D eigenvalue weighted by Crippen LogP contribution is -2.32. The Morgan fingerprint density at radius 2 is 1.00 bits per heavy atom. The third kappa shape index (κ3) is 248. The normalized spacial score (nSPS) is 11.9. The summed E-state index contributed by atoms with van der Waals surface area (Å²) in [4.78, 5) is 9.34. The molecular formula is C11H30N2O4. The summed E-state index contributed by atoms with van der Waals surface area (Å²) in [6.07, 6.45) is -1.34. The average molecular weight is 254 g/mol. The van der Waals surface area contributed by atoms with Crippen LogP contribution in [0.1, 0.15) is 6.92 Å². The van der Waals surface area contributed by atoms with E-state index in [4.69, 9.17) is 5.11 Å². The van der Waals surface area contributed by atoms with Crippen molar-refractivity contribution in [2.75, 3.05) is 56.4 Å². The van der Waals surface area contributed by atoms with Gasteiger partial charge >= 0.3 is 0 Å². The van der Waals surface area contributed by atoms with E-state index in [-0.39, 0.29) is 5.48 Å². The van der Waals surface area contributed by atoms with Crippen molar-refractivity contribution >= 4 is 5.97 Å². The number of aliphatic carboxylic acids is 1. The summed E-state index contributed by atoms with van der Waals surface area (Å²) in [5, 5.41) is 17.3. The average Bonchev–Trinajstić information content (AvgIpc) is 1.77. The largest absolute Gasteiger partial charge is 0.870 e. The van der Waals surface area contributed by atoms with Crippen LogP contribution in [0.2, 0.25) is 0 Å². The number of carboxylic acids is 1. The van der Waals surface area contributed by atoms with Gasteiger partial charge in [0.1, 0.15) is 0 Å². The van der Waals surface area contributed by atoms with Gasteiger partial charge in [0.15, 0.2) is 0 Å². The molecule has 0 rings (SSSR count). The van der Waals surface area contributed by atoms with Crippen LogP contribution in [0.4, 0.5) is 0 Å². The zero-order chi connectivity index (χ0) is 14.2. The molecule has 1 atom stereocenters. The summed E-state index contributed by atoms with van der Waals surface area (Å²) in [6, 6.07) is 0. The van der Waals surface area contributed by atoms with Crippen molar-refractivity contribution in [3.8, 4) is 0 Å². The van der Waals surface area contributed by atoms with E-state index in [1.807, 2.05) is 0 Å². The predicted molar refractivity (Wildman–Crippen MR) is 66.5 cm³/mol. The van der Waals surface area contributed by atoms with Gasteiger partial charge in [-0.3, -0.25) is 0 Å². The molecule has 0 aliphatic heterocycles. The van der Waals surface area contributed by atoms with Crippen LogP contribution < -0.4 is 5.11 Å². The zero-order valence-electron chi connectivity index (χ0n) is 12.7. The van der Waals surface area contributed by atoms with Crippen LogP contribution >= 0.6 is 0 Å². The van der Waals surface area contributed by atoms with Gasteiger partial charge in [-0.25, -0.2) is 0 Å². The molecule has 0 bridgehead atoms. The molecule has 0 radical (unpaired) electrons. The van der Waals surface area contributed by atoms with Gasteiger partial charge in [0.25, 0.3) is 0 Å². The molecule has 0 amide bonds. The third-order valence-electron chi connectivity index (χ3n) is 0.341. The molecule has 6 nitrogen and oxygen atoms in total. The highest BCUT2D eigenvalue weighted by atomic mass is 16.4. The van der Waals surface area contributed by atoms with E-state index in [2.05, 4.69) is 56.4 Å². The van der Waals surface area contributed by atoms with Crippen molar-refractivity contribution in [1.29, 1.82) is 0 Å². The van der Waals surface area contributed by atoms with Gasteiger partial charge in [-0.2, -0.15) is 0 Å². The Morgan fingerprint density at radius 1 is 0.941 bits per heavy atom. The smallest absolute Gasteiger partial charge is 0.0905 e. The van der Waals surface area contributed by atoms with E-state index >= 15 is 0 Å². The van der Waals surface area contributed by atoms with Crippen LogP contribution in [-0.2, 0) is 4.79 Å². The van der Waals surface area contributed by atoms with Crippen LogP contribution in [0.15, 0.2) is 0 Å². The number of rotatable bonds is 1. The number of aliphatic hydroxyl groups is 1. The van der Waals surface area contributed by atoms with Gasteiger partial charge in [-0.1, -0.05) is 0 Å². The summed E-state index contributed by atoms with van der Waals surface area (Å²) in [7, 11) is 17.0. The van der Waals surface area contributed by atoms with Crippen LogP contribution in [0.5, 0.6) is 0 Å². The van der Waals surface area contributed by atoms with Crippen molar-refractivity contribution < 1.29 is 29.4 Å². The number of aliphatic hydroxyl groups excluding tert-OH is 1. The molecule has 0 spiro atoms. The third-order valence-corrected chi connectivity index (χ3v) is 0.341. The van der Waals surface area contributed by atoms with Gasteiger partial charge in [0, 0.05) is 0 Å². The maximum atomic E-state index is 9.34. The fourth-order valence-electron chi connectivity index (χ4n) is 0. The van der Waals surface area contributed by atoms with E-state index in [1.165, 1.54) is 0 Å². The number of nitrogens with zero attached hydrogens (tertiary/aromatic N) is 2. The monoisotopic (exact) mass is 254 g/mol. The number of carbonyl (C=O) groups excluding carboxylic acids is 1. The lowest BCUT2D eigenvalue weighted by Gasteiger charge is -2.14. The standard InChI is InChI=1S/2C4H12N.C3H6O3.H2O/c2*1-5(2,3)4;1-2(4)3(5)6;/h2*1-4H3;2,4H,1H3,(H,5,6);1H2/q2*+1;;/p-2. The van der Waals surface area contributed by atoms with Crippen molar-refractivity contribution in [3.05, 3.63) is 0 Å². The summed E-state index contributed by atoms with van der Waals surface area (Å²) < 4.78 is 2.00. The van der Waals surface area contributed by atoms with E-state index in [0.717, 1.165) is 15.9 Å². The van der Waals surface area contributed by atoms with E-state index in [9.17, 15) is 9.90 Å². The minimum atomic E-state index is -1.44. The van der Waals surface area contributed by atoms with Crippen LogP contribution in [0.3, 0.4) is 0 Å². The first-order chi connectivity index (χ1) is 6.64. The molecule has 0 aliphatic rings. The minimum absolute atomic E-state index is 0. The maximum Gasteiger partial charge on any atom is 0.0905 e. The molecule has 0 aliphatic carbocycles. The predicted octanol–water partition coefficient (Wildman–Crippen LogP) is -1.41. The lowest BCUT2D eigenvalue weighted by molar-refractivity contribution is -0.849. The molecule has 0 heterocycles. The zero-order valence-corrected chi connectivity index (χ0v) is 12.7. The molecule has 0 saturated heterocycles. The Hall–Kier alpha value is -0.690. The van der Waals surface area contributed by atoms with Crippen LogP contribution in [0.25, 0.3) is 0 Å². The lowest BCUT2D eigenvalue weighted by atomic mass is 10.4. The van der Waals surface area contributed by atoms with E-state index in [1.54, 1.807) is 0 Å². The second-order valence-electron chi connectivity index (χ2n) is 6.36. The second-order valence-corrected chi connectivity index (χ2v) is 6.36. The maximum absolute atomic E-state index is 9.34. The molecule has 0 aromatic carbocycles. The first-order valence-electron chi connectivity index (χ1n) is 5.11. The number of carbonyl (C=O) groups is 1. The summed E-state index contributed by atoms with van der Waals surface area (Å²) >= 11 is 0. The quantitative estimate of drug-likeness (QED) is 0.582. The van der Waals surface area contributed by atoms with Crippen molar-refractivity contribution in [1.82, 2.24) is 0 Å². The van der Waals surface area contributed by atoms with Gasteiger partial charge in [-0.05, 0) is 6.92 Å². The van der Waals surface area contributed by atoms with Crippen molar-refractivity contribution in [3.63, 3.8) is 0 Å². The van der Waals surface area contributed by atoms with Crippen LogP contribution in [0, 0.1) is 0 Å². The minimum Gasteiger partial charge on any atom is -0.870 e. The van der Waals surface area contributed by atoms with Gasteiger partial charge in [0.05, 0.1) is 68.5 Å². The molecule has 0 saturated carbocycles. The second kappa shape index (κ2) is 10.5. The molecular weight excluding hydrogens is 224 g/mol. The molecule has 6 heteroatoms. The van der Waals surface area contributed by atoms with E-state index in [0.29, 0.717) is 0 Å². The van der Waals surface area contributed by atoms with Gasteiger partial charge in [0.2, 0.25) is 0 Å². The summed E-state index contributed by atoms with van der Waals surface area (Å²) in [6.45, 7) is 1.13. The van der Waals surface area contributed by atoms with E-state index < -0.39 is 12.1 Å². The summed E-state index contributed by atoms with van der Waals surface area (Å²) in [5.41, 5.74) is 0. The topological polar surface area (TPSA) is 90.4 Å². The fraction of sp³-hybridized carbons (Fsp3) is 0.909. The Labute approximate surface area is 106 Å². The molecule has 108 valence electrons. The molecule has 17 heavy (non-hydrogen) atoms. The number of quaternary nitrogens is 2. The summed E-state index contributed by atoms with van der Waals surface area (Å²) in [5.74, 6) is -1.44. The highest BCUT2D eigenvalue weighted by Crippen LogP contribution is 1.74. The number of hydrogen-bond acceptors (Lipinski definition) is 4. The number of hydrogen-bond donors (Lipinski definition) is 1. The Balaban J connectivity index is -0.0000000729. The Bertz CT molecular complexity index is 157. The number of carboxylic acid groups (broad SMARTS) is 1. The molecule has 0 aromatic rings. The van der Waals surface area contributed by atoms with Crippen molar-refractivity contribution in [2.24, 2.45) is 0 Å². The molecule has 0 fully saturated rings. The SMILES string of the molecule is CC(O)C(=O)[O-].C[N+](C)(C)C.C[N+](C)(C)C.[OH-]. The van der Waals surface area contributed by atoms with Gasteiger partial charge < -0.3 is 29.4 Å². The highest BCUT2D eigenvalue weighted by molar-refractivity contribution is 5.68. The Kier molecular flexibility index (Phi) is 15.5. The van der Waals surface area contributed by atoms with Crippen LogP contribution in [-0.4, -0.2) is 88.0 Å². The molecule has 1 unspecified atom stereocenters. The Morgan fingerprint density at radius 3 is 1.00 bits per heavy atom. The fourth-order valence-corrected chi connectivity index (χ4v) is 0. The molecule has 2 N–H and O–H groups in total.